The van der Waals surface area contributed by atoms with E-state index in [1.54, 1.807) is 29.8 Å². The summed E-state index contributed by atoms with van der Waals surface area (Å²) in [6.45, 7) is 4.20. The maximum Gasteiger partial charge on any atom is 0.358 e. The Morgan fingerprint density at radius 2 is 2.18 bits per heavy atom. The number of hydrogen-bond acceptors (Lipinski definition) is 4. The topological polar surface area (TPSA) is 67.9 Å². The highest BCUT2D eigenvalue weighted by Crippen LogP contribution is 2.17. The van der Waals surface area contributed by atoms with Crippen LogP contribution in [0.1, 0.15) is 48.4 Å². The average molecular weight is 297 g/mol. The molecule has 0 bridgehead atoms. The molecular formula is C17H19N3O2. The van der Waals surface area contributed by atoms with Crippen molar-refractivity contribution in [3.63, 3.8) is 0 Å². The second kappa shape index (κ2) is 7.41. The van der Waals surface area contributed by atoms with E-state index in [-0.39, 0.29) is 0 Å². The van der Waals surface area contributed by atoms with Gasteiger partial charge in [0.05, 0.1) is 23.9 Å². The molecule has 0 saturated carbocycles. The second-order valence-electron chi connectivity index (χ2n) is 4.92. The second-order valence-corrected chi connectivity index (χ2v) is 4.92. The van der Waals surface area contributed by atoms with Gasteiger partial charge in [-0.1, -0.05) is 19.4 Å². The monoisotopic (exact) mass is 297 g/mol. The summed E-state index contributed by atoms with van der Waals surface area (Å²) in [7, 11) is 0. The van der Waals surface area contributed by atoms with Crippen LogP contribution >= 0.6 is 0 Å². The van der Waals surface area contributed by atoms with Crippen molar-refractivity contribution in [2.24, 2.45) is 0 Å². The van der Waals surface area contributed by atoms with Crippen LogP contribution in [0.2, 0.25) is 0 Å². The molecule has 114 valence electrons. The number of nitriles is 1. The molecule has 0 saturated heterocycles. The number of aromatic nitrogens is 2. The Kier molecular flexibility index (Phi) is 5.31. The van der Waals surface area contributed by atoms with Gasteiger partial charge in [0.2, 0.25) is 0 Å². The molecule has 0 amide bonds. The molecule has 0 fully saturated rings. The lowest BCUT2D eigenvalue weighted by atomic mass is 10.1. The van der Waals surface area contributed by atoms with E-state index in [1.807, 2.05) is 12.1 Å². The zero-order chi connectivity index (χ0) is 15.9. The van der Waals surface area contributed by atoms with Crippen molar-refractivity contribution in [2.75, 3.05) is 6.61 Å². The van der Waals surface area contributed by atoms with E-state index in [1.165, 1.54) is 0 Å². The SMILES string of the molecule is CCCCc1cc(C(=O)OCC)nn1-c1cccc(C#N)c1. The van der Waals surface area contributed by atoms with Gasteiger partial charge in [-0.05, 0) is 44.0 Å². The first-order chi connectivity index (χ1) is 10.7. The Morgan fingerprint density at radius 1 is 1.36 bits per heavy atom. The molecule has 1 aromatic carbocycles. The van der Waals surface area contributed by atoms with Crippen LogP contribution in [0.25, 0.3) is 5.69 Å². The number of aryl methyl sites for hydroxylation is 1. The first kappa shape index (κ1) is 15.8. The minimum absolute atomic E-state index is 0.301. The van der Waals surface area contributed by atoms with Crippen LogP contribution in [0.15, 0.2) is 30.3 Å². The highest BCUT2D eigenvalue weighted by atomic mass is 16.5. The maximum absolute atomic E-state index is 11.9. The van der Waals surface area contributed by atoms with Crippen molar-refractivity contribution < 1.29 is 9.53 Å². The molecule has 1 heterocycles. The molecule has 0 unspecified atom stereocenters. The molecule has 2 rings (SSSR count). The molecule has 22 heavy (non-hydrogen) atoms. The predicted octanol–water partition coefficient (Wildman–Crippen LogP) is 3.26. The third-order valence-corrected chi connectivity index (χ3v) is 3.27. The van der Waals surface area contributed by atoms with Crippen molar-refractivity contribution in [1.29, 1.82) is 5.26 Å². The van der Waals surface area contributed by atoms with Crippen molar-refractivity contribution in [1.82, 2.24) is 9.78 Å². The average Bonchev–Trinajstić information content (AvgIpc) is 2.97. The summed E-state index contributed by atoms with van der Waals surface area (Å²) < 4.78 is 6.74. The van der Waals surface area contributed by atoms with E-state index < -0.39 is 5.97 Å². The fourth-order valence-corrected chi connectivity index (χ4v) is 2.19. The number of hydrogen-bond donors (Lipinski definition) is 0. The minimum Gasteiger partial charge on any atom is -0.461 e. The summed E-state index contributed by atoms with van der Waals surface area (Å²) in [5.41, 5.74) is 2.59. The predicted molar refractivity (Wildman–Crippen MR) is 82.8 cm³/mol. The van der Waals surface area contributed by atoms with Crippen molar-refractivity contribution >= 4 is 5.97 Å². The Balaban J connectivity index is 2.43. The summed E-state index contributed by atoms with van der Waals surface area (Å²) in [5, 5.41) is 13.4. The number of benzene rings is 1. The van der Waals surface area contributed by atoms with Crippen LogP contribution in [-0.4, -0.2) is 22.4 Å². The Bertz CT molecular complexity index is 698. The van der Waals surface area contributed by atoms with Gasteiger partial charge in [0.25, 0.3) is 0 Å². The highest BCUT2D eigenvalue weighted by molar-refractivity contribution is 5.87. The third kappa shape index (κ3) is 3.53. The normalized spacial score (nSPS) is 10.2. The molecular weight excluding hydrogens is 278 g/mol. The molecule has 0 N–H and O–H groups in total. The number of rotatable bonds is 6. The van der Waals surface area contributed by atoms with Crippen molar-refractivity contribution in [3.8, 4) is 11.8 Å². The van der Waals surface area contributed by atoms with E-state index in [9.17, 15) is 4.79 Å². The van der Waals surface area contributed by atoms with Crippen molar-refractivity contribution in [3.05, 3.63) is 47.3 Å². The lowest BCUT2D eigenvalue weighted by molar-refractivity contribution is 0.0519. The smallest absolute Gasteiger partial charge is 0.358 e. The van der Waals surface area contributed by atoms with Crippen molar-refractivity contribution in [2.45, 2.75) is 33.1 Å². The first-order valence-electron chi connectivity index (χ1n) is 7.46. The van der Waals surface area contributed by atoms with Crippen LogP contribution in [0, 0.1) is 11.3 Å². The van der Waals surface area contributed by atoms with E-state index in [4.69, 9.17) is 10.00 Å². The summed E-state index contributed by atoms with van der Waals surface area (Å²) in [6, 6.07) is 11.1. The van der Waals surface area contributed by atoms with Crippen LogP contribution < -0.4 is 0 Å². The molecule has 5 nitrogen and oxygen atoms in total. The molecule has 0 spiro atoms. The van der Waals surface area contributed by atoms with Gasteiger partial charge in [-0.25, -0.2) is 9.48 Å². The third-order valence-electron chi connectivity index (χ3n) is 3.27. The van der Waals surface area contributed by atoms with Gasteiger partial charge in [-0.2, -0.15) is 10.4 Å². The number of carbonyl (C=O) groups excluding carboxylic acids is 1. The Hall–Kier alpha value is -2.61. The fraction of sp³-hybridized carbons (Fsp3) is 0.353. The molecule has 0 aliphatic rings. The number of esters is 1. The Morgan fingerprint density at radius 3 is 2.86 bits per heavy atom. The number of unbranched alkanes of at least 4 members (excludes halogenated alkanes) is 1. The number of carbonyl (C=O) groups is 1. The summed E-state index contributed by atoms with van der Waals surface area (Å²) >= 11 is 0. The number of ether oxygens (including phenoxy) is 1. The molecule has 0 aliphatic heterocycles. The quantitative estimate of drug-likeness (QED) is 0.767. The molecule has 5 heteroatoms. The minimum atomic E-state index is -0.421. The maximum atomic E-state index is 11.9. The summed E-state index contributed by atoms with van der Waals surface area (Å²) in [5.74, 6) is -0.421. The van der Waals surface area contributed by atoms with E-state index in [2.05, 4.69) is 18.1 Å². The first-order valence-corrected chi connectivity index (χ1v) is 7.46. The van der Waals surface area contributed by atoms with Gasteiger partial charge in [0.1, 0.15) is 0 Å². The highest BCUT2D eigenvalue weighted by Gasteiger charge is 2.16. The van der Waals surface area contributed by atoms with Gasteiger partial charge in [0.15, 0.2) is 5.69 Å². The molecule has 0 aliphatic carbocycles. The molecule has 1 aromatic heterocycles. The molecule has 0 atom stereocenters. The molecule has 2 aromatic rings. The fourth-order valence-electron chi connectivity index (χ4n) is 2.19. The standard InChI is InChI=1S/C17H19N3O2/c1-3-5-8-15-11-16(17(21)22-4-2)19-20(15)14-9-6-7-13(10-14)12-18/h6-7,9-11H,3-5,8H2,1-2H3. The van der Waals surface area contributed by atoms with E-state index >= 15 is 0 Å². The molecule has 0 radical (unpaired) electrons. The van der Waals surface area contributed by atoms with E-state index in [0.29, 0.717) is 17.9 Å². The largest absolute Gasteiger partial charge is 0.461 e. The van der Waals surface area contributed by atoms with Gasteiger partial charge in [-0.15, -0.1) is 0 Å². The van der Waals surface area contributed by atoms with Gasteiger partial charge in [-0.3, -0.25) is 0 Å². The summed E-state index contributed by atoms with van der Waals surface area (Å²) in [6.07, 6.45) is 2.88. The van der Waals surface area contributed by atoms with Gasteiger partial charge < -0.3 is 4.74 Å². The Labute approximate surface area is 130 Å². The zero-order valence-electron chi connectivity index (χ0n) is 12.9. The van der Waals surface area contributed by atoms with Crippen LogP contribution in [0.4, 0.5) is 0 Å². The van der Waals surface area contributed by atoms with Gasteiger partial charge in [0, 0.05) is 5.69 Å². The van der Waals surface area contributed by atoms with Crippen LogP contribution in [0.5, 0.6) is 0 Å². The summed E-state index contributed by atoms with van der Waals surface area (Å²) in [4.78, 5) is 11.9. The van der Waals surface area contributed by atoms with E-state index in [0.717, 1.165) is 30.6 Å². The lowest BCUT2D eigenvalue weighted by Gasteiger charge is -2.07. The van der Waals surface area contributed by atoms with Gasteiger partial charge >= 0.3 is 5.97 Å². The zero-order valence-corrected chi connectivity index (χ0v) is 12.9. The van der Waals surface area contributed by atoms with Crippen LogP contribution in [-0.2, 0) is 11.2 Å². The number of nitrogens with zero attached hydrogens (tertiary/aromatic N) is 3. The van der Waals surface area contributed by atoms with Crippen LogP contribution in [0.3, 0.4) is 0 Å². The lowest BCUT2D eigenvalue weighted by Crippen LogP contribution is -2.07.